The van der Waals surface area contributed by atoms with E-state index in [1.165, 1.54) is 6.20 Å². The van der Waals surface area contributed by atoms with Crippen molar-refractivity contribution < 1.29 is 9.90 Å². The summed E-state index contributed by atoms with van der Waals surface area (Å²) in [5.74, 6) is -0.824. The monoisotopic (exact) mass is 307 g/mol. The summed E-state index contributed by atoms with van der Waals surface area (Å²) >= 11 is 8.92. The standard InChI is InChI=1S/C9H11BrClN3O2/c1-4(2)6(8(15)16)13-9-12-3-5(10)7(11)14-9/h3-4,6H,1-2H3,(H,15,16)(H,12,13,14). The minimum atomic E-state index is -0.947. The lowest BCUT2D eigenvalue weighted by Crippen LogP contribution is -2.34. The highest BCUT2D eigenvalue weighted by atomic mass is 79.9. The molecule has 5 nitrogen and oxygen atoms in total. The lowest BCUT2D eigenvalue weighted by Gasteiger charge is -2.17. The van der Waals surface area contributed by atoms with Gasteiger partial charge in [0.05, 0.1) is 4.47 Å². The Hall–Kier alpha value is -0.880. The molecule has 2 N–H and O–H groups in total. The molecule has 0 spiro atoms. The van der Waals surface area contributed by atoms with E-state index in [1.807, 2.05) is 0 Å². The van der Waals surface area contributed by atoms with Crippen LogP contribution in [0.1, 0.15) is 13.8 Å². The Balaban J connectivity index is 2.86. The number of aromatic nitrogens is 2. The maximum atomic E-state index is 10.9. The van der Waals surface area contributed by atoms with Crippen molar-refractivity contribution in [3.05, 3.63) is 15.8 Å². The van der Waals surface area contributed by atoms with Crippen molar-refractivity contribution in [2.75, 3.05) is 5.32 Å². The quantitative estimate of drug-likeness (QED) is 0.836. The van der Waals surface area contributed by atoms with E-state index in [-0.39, 0.29) is 17.0 Å². The molecule has 0 amide bonds. The Morgan fingerprint density at radius 2 is 2.25 bits per heavy atom. The number of nitrogens with one attached hydrogen (secondary N) is 1. The number of aliphatic carboxylic acids is 1. The van der Waals surface area contributed by atoms with Crippen LogP contribution in [0, 0.1) is 5.92 Å². The third-order valence-electron chi connectivity index (χ3n) is 1.92. The van der Waals surface area contributed by atoms with E-state index in [0.29, 0.717) is 4.47 Å². The molecule has 1 heterocycles. The summed E-state index contributed by atoms with van der Waals surface area (Å²) in [5.41, 5.74) is 0. The van der Waals surface area contributed by atoms with Gasteiger partial charge in [0.15, 0.2) is 0 Å². The van der Waals surface area contributed by atoms with Gasteiger partial charge in [-0.05, 0) is 21.8 Å². The van der Waals surface area contributed by atoms with Gasteiger partial charge in [-0.2, -0.15) is 4.98 Å². The fourth-order valence-electron chi connectivity index (χ4n) is 1.07. The number of carbonyl (C=O) groups is 1. The maximum absolute atomic E-state index is 10.9. The Bertz CT molecular complexity index is 400. The molecule has 1 rings (SSSR count). The summed E-state index contributed by atoms with van der Waals surface area (Å²) in [6.45, 7) is 3.60. The number of nitrogens with zero attached hydrogens (tertiary/aromatic N) is 2. The fourth-order valence-corrected chi connectivity index (χ4v) is 1.39. The highest BCUT2D eigenvalue weighted by Gasteiger charge is 2.22. The van der Waals surface area contributed by atoms with Gasteiger partial charge in [-0.25, -0.2) is 9.78 Å². The molecule has 0 saturated heterocycles. The van der Waals surface area contributed by atoms with Gasteiger partial charge in [0.1, 0.15) is 11.2 Å². The zero-order valence-corrected chi connectivity index (χ0v) is 11.1. The minimum Gasteiger partial charge on any atom is -0.480 e. The van der Waals surface area contributed by atoms with Crippen LogP contribution in [0.25, 0.3) is 0 Å². The van der Waals surface area contributed by atoms with Gasteiger partial charge in [-0.1, -0.05) is 25.4 Å². The average molecular weight is 309 g/mol. The molecule has 16 heavy (non-hydrogen) atoms. The van der Waals surface area contributed by atoms with E-state index in [9.17, 15) is 4.79 Å². The van der Waals surface area contributed by atoms with Gasteiger partial charge in [0.2, 0.25) is 5.95 Å². The van der Waals surface area contributed by atoms with Gasteiger partial charge < -0.3 is 10.4 Å². The molecular weight excluding hydrogens is 297 g/mol. The Kier molecular flexibility index (Phi) is 4.49. The van der Waals surface area contributed by atoms with Crippen LogP contribution in [0.2, 0.25) is 5.15 Å². The van der Waals surface area contributed by atoms with Crippen molar-refractivity contribution >= 4 is 39.4 Å². The first-order valence-electron chi connectivity index (χ1n) is 4.59. The number of carboxylic acids is 1. The number of hydrogen-bond acceptors (Lipinski definition) is 4. The van der Waals surface area contributed by atoms with Gasteiger partial charge in [0.25, 0.3) is 0 Å². The lowest BCUT2D eigenvalue weighted by molar-refractivity contribution is -0.138. The normalized spacial score (nSPS) is 12.6. The van der Waals surface area contributed by atoms with Gasteiger partial charge in [0, 0.05) is 6.20 Å². The molecule has 0 aromatic carbocycles. The van der Waals surface area contributed by atoms with E-state index in [0.717, 1.165) is 0 Å². The molecule has 1 aromatic rings. The smallest absolute Gasteiger partial charge is 0.326 e. The zero-order chi connectivity index (χ0) is 12.3. The summed E-state index contributed by atoms with van der Waals surface area (Å²) in [4.78, 5) is 18.8. The fraction of sp³-hybridized carbons (Fsp3) is 0.444. The number of anilines is 1. The summed E-state index contributed by atoms with van der Waals surface area (Å²) in [5, 5.41) is 11.9. The number of hydrogen-bond donors (Lipinski definition) is 2. The molecule has 1 atom stereocenters. The highest BCUT2D eigenvalue weighted by Crippen LogP contribution is 2.20. The molecule has 7 heteroatoms. The molecule has 0 saturated carbocycles. The van der Waals surface area contributed by atoms with Crippen molar-refractivity contribution in [2.24, 2.45) is 5.92 Å². The summed E-state index contributed by atoms with van der Waals surface area (Å²) in [6, 6.07) is -0.739. The number of halogens is 2. The Morgan fingerprint density at radius 1 is 1.62 bits per heavy atom. The van der Waals surface area contributed by atoms with Crippen molar-refractivity contribution in [2.45, 2.75) is 19.9 Å². The van der Waals surface area contributed by atoms with Crippen molar-refractivity contribution in [3.8, 4) is 0 Å². The number of carboxylic acid groups (broad SMARTS) is 1. The molecule has 88 valence electrons. The zero-order valence-electron chi connectivity index (χ0n) is 8.74. The predicted octanol–water partition coefficient (Wildman–Crippen LogP) is 2.41. The predicted molar refractivity (Wildman–Crippen MR) is 64.6 cm³/mol. The number of rotatable bonds is 4. The second-order valence-electron chi connectivity index (χ2n) is 3.54. The van der Waals surface area contributed by atoms with Gasteiger partial charge in [-0.3, -0.25) is 0 Å². The third-order valence-corrected chi connectivity index (χ3v) is 3.02. The van der Waals surface area contributed by atoms with E-state index >= 15 is 0 Å². The van der Waals surface area contributed by atoms with Crippen LogP contribution in [0.4, 0.5) is 5.95 Å². The van der Waals surface area contributed by atoms with Crippen molar-refractivity contribution in [1.29, 1.82) is 0 Å². The van der Waals surface area contributed by atoms with Crippen molar-refractivity contribution in [1.82, 2.24) is 9.97 Å². The van der Waals surface area contributed by atoms with E-state index in [2.05, 4.69) is 31.2 Å². The summed E-state index contributed by atoms with van der Waals surface area (Å²) in [7, 11) is 0. The maximum Gasteiger partial charge on any atom is 0.326 e. The molecule has 0 aliphatic carbocycles. The van der Waals surface area contributed by atoms with Crippen LogP contribution in [-0.4, -0.2) is 27.1 Å². The molecule has 1 unspecified atom stereocenters. The first kappa shape index (κ1) is 13.2. The largest absolute Gasteiger partial charge is 0.480 e. The molecule has 0 fully saturated rings. The molecule has 0 aliphatic heterocycles. The third kappa shape index (κ3) is 3.31. The van der Waals surface area contributed by atoms with Crippen LogP contribution in [0.5, 0.6) is 0 Å². The molecule has 0 radical (unpaired) electrons. The second kappa shape index (κ2) is 5.45. The second-order valence-corrected chi connectivity index (χ2v) is 4.75. The first-order chi connectivity index (χ1) is 7.41. The molecular formula is C9H11BrClN3O2. The molecule has 0 bridgehead atoms. The Morgan fingerprint density at radius 3 is 2.69 bits per heavy atom. The van der Waals surface area contributed by atoms with Gasteiger partial charge in [-0.15, -0.1) is 0 Å². The average Bonchev–Trinajstić information content (AvgIpc) is 2.18. The van der Waals surface area contributed by atoms with Crippen molar-refractivity contribution in [3.63, 3.8) is 0 Å². The van der Waals surface area contributed by atoms with Crippen LogP contribution in [0.15, 0.2) is 10.7 Å². The lowest BCUT2D eigenvalue weighted by atomic mass is 10.1. The van der Waals surface area contributed by atoms with Gasteiger partial charge >= 0.3 is 5.97 Å². The van der Waals surface area contributed by atoms with E-state index in [4.69, 9.17) is 16.7 Å². The van der Waals surface area contributed by atoms with Crippen LogP contribution < -0.4 is 5.32 Å². The van der Waals surface area contributed by atoms with Crippen LogP contribution in [-0.2, 0) is 4.79 Å². The van der Waals surface area contributed by atoms with Crippen LogP contribution >= 0.6 is 27.5 Å². The molecule has 1 aromatic heterocycles. The summed E-state index contributed by atoms with van der Waals surface area (Å²) in [6.07, 6.45) is 1.47. The summed E-state index contributed by atoms with van der Waals surface area (Å²) < 4.78 is 0.566. The van der Waals surface area contributed by atoms with E-state index < -0.39 is 12.0 Å². The molecule has 0 aliphatic rings. The van der Waals surface area contributed by atoms with Crippen LogP contribution in [0.3, 0.4) is 0 Å². The van der Waals surface area contributed by atoms with E-state index in [1.54, 1.807) is 13.8 Å². The Labute approximate surface area is 106 Å². The highest BCUT2D eigenvalue weighted by molar-refractivity contribution is 9.10. The topological polar surface area (TPSA) is 75.1 Å². The SMILES string of the molecule is CC(C)C(Nc1ncc(Br)c(Cl)n1)C(=O)O. The minimum absolute atomic E-state index is 0.0801. The first-order valence-corrected chi connectivity index (χ1v) is 5.76.